The van der Waals surface area contributed by atoms with E-state index in [4.69, 9.17) is 10.4 Å². The highest BCUT2D eigenvalue weighted by Crippen LogP contribution is 2.31. The van der Waals surface area contributed by atoms with Gasteiger partial charge in [-0.1, -0.05) is 12.1 Å². The molecule has 0 fully saturated rings. The summed E-state index contributed by atoms with van der Waals surface area (Å²) in [4.78, 5) is 10.9. The van der Waals surface area contributed by atoms with Gasteiger partial charge in [-0.25, -0.2) is 0 Å². The molecule has 0 saturated heterocycles. The van der Waals surface area contributed by atoms with Gasteiger partial charge in [0.2, 0.25) is 0 Å². The van der Waals surface area contributed by atoms with Crippen molar-refractivity contribution in [3.63, 3.8) is 0 Å². The fourth-order valence-electron chi connectivity index (χ4n) is 1.97. The molecule has 0 heterocycles. The number of phenols is 2. The zero-order valence-corrected chi connectivity index (χ0v) is 9.87. The Kier molecular flexibility index (Phi) is 3.25. The molecule has 2 aromatic carbocycles. The van der Waals surface area contributed by atoms with Gasteiger partial charge in [0, 0.05) is 12.0 Å². The number of carboxylic acid groups (broad SMARTS) is 1. The predicted molar refractivity (Wildman–Crippen MR) is 67.7 cm³/mol. The van der Waals surface area contributed by atoms with Crippen LogP contribution < -0.4 is 0 Å². The number of carbonyl (C=O) groups is 1. The van der Waals surface area contributed by atoms with E-state index in [0.29, 0.717) is 10.9 Å². The lowest BCUT2D eigenvalue weighted by Crippen LogP contribution is -2.14. The van der Waals surface area contributed by atoms with Gasteiger partial charge in [-0.15, -0.1) is 0 Å². The SMILES string of the molecule is N#CC(Cc1c(O)ccc2ccc(O)cc12)C(=O)O. The number of hydrogen-bond donors (Lipinski definition) is 3. The Morgan fingerprint density at radius 2 is 1.95 bits per heavy atom. The molecule has 1 atom stereocenters. The molecule has 2 rings (SSSR count). The normalized spacial score (nSPS) is 11.9. The number of carboxylic acids is 1. The van der Waals surface area contributed by atoms with E-state index < -0.39 is 11.9 Å². The maximum Gasteiger partial charge on any atom is 0.321 e. The Bertz CT molecular complexity index is 682. The summed E-state index contributed by atoms with van der Waals surface area (Å²) in [5.41, 5.74) is 0.349. The third kappa shape index (κ3) is 2.43. The van der Waals surface area contributed by atoms with Crippen LogP contribution in [0.25, 0.3) is 10.8 Å². The van der Waals surface area contributed by atoms with Crippen molar-refractivity contribution in [3.8, 4) is 17.6 Å². The van der Waals surface area contributed by atoms with E-state index in [1.165, 1.54) is 18.2 Å². The molecular formula is C14H11NO4. The highest BCUT2D eigenvalue weighted by atomic mass is 16.4. The minimum atomic E-state index is -1.24. The Balaban J connectivity index is 2.58. The van der Waals surface area contributed by atoms with Crippen LogP contribution in [0.1, 0.15) is 5.56 Å². The molecule has 0 bridgehead atoms. The Hall–Kier alpha value is -2.74. The summed E-state index contributed by atoms with van der Waals surface area (Å²) in [7, 11) is 0. The molecule has 0 aromatic heterocycles. The van der Waals surface area contributed by atoms with Crippen LogP contribution in [0, 0.1) is 17.2 Å². The maximum absolute atomic E-state index is 10.9. The second kappa shape index (κ2) is 4.86. The molecule has 19 heavy (non-hydrogen) atoms. The summed E-state index contributed by atoms with van der Waals surface area (Å²) in [6.07, 6.45) is -0.113. The Morgan fingerprint density at radius 1 is 1.26 bits per heavy atom. The van der Waals surface area contributed by atoms with E-state index in [2.05, 4.69) is 0 Å². The third-order valence-electron chi connectivity index (χ3n) is 2.95. The lowest BCUT2D eigenvalue weighted by molar-refractivity contribution is -0.139. The van der Waals surface area contributed by atoms with Crippen molar-refractivity contribution in [2.75, 3.05) is 0 Å². The number of benzene rings is 2. The van der Waals surface area contributed by atoms with E-state index in [-0.39, 0.29) is 17.9 Å². The van der Waals surface area contributed by atoms with E-state index >= 15 is 0 Å². The van der Waals surface area contributed by atoms with Gasteiger partial charge in [0.05, 0.1) is 6.07 Å². The van der Waals surface area contributed by atoms with Gasteiger partial charge in [0.1, 0.15) is 17.4 Å². The quantitative estimate of drug-likeness (QED) is 0.780. The van der Waals surface area contributed by atoms with Crippen LogP contribution in [0.2, 0.25) is 0 Å². The van der Waals surface area contributed by atoms with Crippen molar-refractivity contribution in [1.82, 2.24) is 0 Å². The second-order valence-corrected chi connectivity index (χ2v) is 4.19. The molecule has 0 aliphatic heterocycles. The van der Waals surface area contributed by atoms with Crippen molar-refractivity contribution in [1.29, 1.82) is 5.26 Å². The molecule has 5 heteroatoms. The van der Waals surface area contributed by atoms with Gasteiger partial charge >= 0.3 is 5.97 Å². The zero-order chi connectivity index (χ0) is 14.0. The maximum atomic E-state index is 10.9. The molecule has 2 aromatic rings. The highest BCUT2D eigenvalue weighted by Gasteiger charge is 2.20. The standard InChI is InChI=1S/C14H11NO4/c15-7-9(14(18)19)5-12-11-6-10(16)3-1-8(11)2-4-13(12)17/h1-4,6,9,16-17H,5H2,(H,18,19). The number of hydrogen-bond acceptors (Lipinski definition) is 4. The van der Waals surface area contributed by atoms with Crippen molar-refractivity contribution in [2.24, 2.45) is 5.92 Å². The predicted octanol–water partition coefficient (Wildman–Crippen LogP) is 2.02. The van der Waals surface area contributed by atoms with Crippen LogP contribution in [0.3, 0.4) is 0 Å². The average Bonchev–Trinajstić information content (AvgIpc) is 2.37. The van der Waals surface area contributed by atoms with E-state index in [0.717, 1.165) is 5.39 Å². The first-order valence-electron chi connectivity index (χ1n) is 5.59. The van der Waals surface area contributed by atoms with Crippen molar-refractivity contribution in [3.05, 3.63) is 35.9 Å². The van der Waals surface area contributed by atoms with Gasteiger partial charge in [0.25, 0.3) is 0 Å². The van der Waals surface area contributed by atoms with Crippen LogP contribution in [0.4, 0.5) is 0 Å². The molecule has 0 spiro atoms. The van der Waals surface area contributed by atoms with Gasteiger partial charge in [0.15, 0.2) is 0 Å². The molecule has 96 valence electrons. The van der Waals surface area contributed by atoms with Crippen molar-refractivity contribution >= 4 is 16.7 Å². The summed E-state index contributed by atoms with van der Waals surface area (Å²) in [5.74, 6) is -2.54. The number of phenolic OH excluding ortho intramolecular Hbond substituents is 2. The van der Waals surface area contributed by atoms with Crippen LogP contribution >= 0.6 is 0 Å². The largest absolute Gasteiger partial charge is 0.508 e. The molecule has 0 aliphatic rings. The molecule has 3 N–H and O–H groups in total. The number of aliphatic carboxylic acids is 1. The summed E-state index contributed by atoms with van der Waals surface area (Å²) in [6.45, 7) is 0. The molecule has 0 radical (unpaired) electrons. The first-order chi connectivity index (χ1) is 9.02. The van der Waals surface area contributed by atoms with Crippen molar-refractivity contribution in [2.45, 2.75) is 6.42 Å². The third-order valence-corrected chi connectivity index (χ3v) is 2.95. The number of aromatic hydroxyl groups is 2. The fraction of sp³-hybridized carbons (Fsp3) is 0.143. The molecule has 1 unspecified atom stereocenters. The first kappa shape index (κ1) is 12.7. The summed E-state index contributed by atoms with van der Waals surface area (Å²) in [5, 5.41) is 38.3. The second-order valence-electron chi connectivity index (χ2n) is 4.19. The van der Waals surface area contributed by atoms with Gasteiger partial charge in [-0.05, 0) is 29.0 Å². The molecular weight excluding hydrogens is 246 g/mol. The minimum absolute atomic E-state index is 0.0168. The molecule has 0 amide bonds. The zero-order valence-electron chi connectivity index (χ0n) is 9.87. The topological polar surface area (TPSA) is 102 Å². The summed E-state index contributed by atoms with van der Waals surface area (Å²) < 4.78 is 0. The molecule has 0 saturated carbocycles. The Labute approximate surface area is 109 Å². The first-order valence-corrected chi connectivity index (χ1v) is 5.59. The summed E-state index contributed by atoms with van der Waals surface area (Å²) in [6, 6.07) is 9.40. The number of nitriles is 1. The Morgan fingerprint density at radius 3 is 2.58 bits per heavy atom. The lowest BCUT2D eigenvalue weighted by atomic mass is 9.94. The highest BCUT2D eigenvalue weighted by molar-refractivity contribution is 5.89. The van der Waals surface area contributed by atoms with E-state index in [1.807, 2.05) is 0 Å². The number of rotatable bonds is 3. The minimum Gasteiger partial charge on any atom is -0.508 e. The summed E-state index contributed by atoms with van der Waals surface area (Å²) >= 11 is 0. The fourth-order valence-corrected chi connectivity index (χ4v) is 1.97. The van der Waals surface area contributed by atoms with E-state index in [1.54, 1.807) is 18.2 Å². The van der Waals surface area contributed by atoms with Crippen LogP contribution in [0.5, 0.6) is 11.5 Å². The van der Waals surface area contributed by atoms with Crippen molar-refractivity contribution < 1.29 is 20.1 Å². The smallest absolute Gasteiger partial charge is 0.321 e. The van der Waals surface area contributed by atoms with Crippen LogP contribution in [0.15, 0.2) is 30.3 Å². The number of fused-ring (bicyclic) bond motifs is 1. The number of nitrogens with zero attached hydrogens (tertiary/aromatic N) is 1. The molecule has 5 nitrogen and oxygen atoms in total. The lowest BCUT2D eigenvalue weighted by Gasteiger charge is -2.10. The van der Waals surface area contributed by atoms with E-state index in [9.17, 15) is 15.0 Å². The van der Waals surface area contributed by atoms with Gasteiger partial charge in [-0.3, -0.25) is 4.79 Å². The van der Waals surface area contributed by atoms with Crippen LogP contribution in [-0.4, -0.2) is 21.3 Å². The molecule has 0 aliphatic carbocycles. The van der Waals surface area contributed by atoms with Gasteiger partial charge in [-0.2, -0.15) is 5.26 Å². The van der Waals surface area contributed by atoms with Gasteiger partial charge < -0.3 is 15.3 Å². The average molecular weight is 257 g/mol. The van der Waals surface area contributed by atoms with Crippen LogP contribution in [-0.2, 0) is 11.2 Å². The monoisotopic (exact) mass is 257 g/mol.